The highest BCUT2D eigenvalue weighted by atomic mass is 15.3. The van der Waals surface area contributed by atoms with Gasteiger partial charge in [-0.1, -0.05) is 133 Å². The molecule has 2 aliphatic carbocycles. The van der Waals surface area contributed by atoms with E-state index in [1.165, 1.54) is 65.9 Å². The molecular formula is C51H40N5. The van der Waals surface area contributed by atoms with Crippen molar-refractivity contribution >= 4 is 66.5 Å². The van der Waals surface area contributed by atoms with E-state index < -0.39 is 0 Å². The summed E-state index contributed by atoms with van der Waals surface area (Å²) in [4.78, 5) is 14.7. The second-order valence-corrected chi connectivity index (χ2v) is 15.4. The van der Waals surface area contributed by atoms with Crippen LogP contribution >= 0.6 is 0 Å². The van der Waals surface area contributed by atoms with Crippen LogP contribution in [0.5, 0.6) is 0 Å². The van der Waals surface area contributed by atoms with Crippen LogP contribution < -0.4 is 4.90 Å². The molecule has 0 amide bonds. The summed E-state index contributed by atoms with van der Waals surface area (Å²) >= 11 is 0. The smallest absolute Gasteiger partial charge is 0.233 e. The van der Waals surface area contributed by atoms with Crippen molar-refractivity contribution in [3.05, 3.63) is 198 Å². The maximum absolute atomic E-state index is 5.15. The van der Waals surface area contributed by atoms with Crippen molar-refractivity contribution in [3.8, 4) is 0 Å². The molecule has 8 aromatic rings. The van der Waals surface area contributed by atoms with Crippen LogP contribution in [0.3, 0.4) is 0 Å². The molecule has 5 nitrogen and oxygen atoms in total. The number of nitrogens with zero attached hydrogens (tertiary/aromatic N) is 5. The van der Waals surface area contributed by atoms with Gasteiger partial charge in [0.15, 0.2) is 0 Å². The number of allylic oxidation sites excluding steroid dienone is 3. The number of aromatic nitrogens is 1. The first-order chi connectivity index (χ1) is 27.6. The molecule has 5 heteroatoms. The monoisotopic (exact) mass is 722 g/mol. The summed E-state index contributed by atoms with van der Waals surface area (Å²) in [5, 5.41) is 8.09. The zero-order chi connectivity index (χ0) is 37.4. The number of benzene rings is 7. The van der Waals surface area contributed by atoms with E-state index in [-0.39, 0.29) is 5.41 Å². The van der Waals surface area contributed by atoms with E-state index in [4.69, 9.17) is 9.98 Å². The fourth-order valence-electron chi connectivity index (χ4n) is 9.30. The van der Waals surface area contributed by atoms with Gasteiger partial charge in [0.25, 0.3) is 0 Å². The molecule has 1 aromatic heterocycles. The first kappa shape index (κ1) is 32.7. The van der Waals surface area contributed by atoms with Crippen LogP contribution in [0.25, 0.3) is 43.4 Å². The minimum Gasteiger partial charge on any atom is -0.340 e. The van der Waals surface area contributed by atoms with Crippen molar-refractivity contribution in [2.45, 2.75) is 18.8 Å². The second-order valence-electron chi connectivity index (χ2n) is 15.4. The van der Waals surface area contributed by atoms with E-state index >= 15 is 0 Å². The molecule has 1 radical (unpaired) electrons. The Balaban J connectivity index is 0.000000188. The third-order valence-corrected chi connectivity index (χ3v) is 12.0. The third kappa shape index (κ3) is 5.07. The maximum Gasteiger partial charge on any atom is 0.233 e. The predicted octanol–water partition coefficient (Wildman–Crippen LogP) is 11.5. The highest BCUT2D eigenvalue weighted by Gasteiger charge is 2.42. The molecule has 0 bridgehead atoms. The standard InChI is InChI=1S/C35H29N5.C16H11/c1-38-24-36-34(37-33(38)25-13-5-2-6-14-25)40-30-18-10-9-17-27(30)28-21-29-32(22-31(28)40)39(26-15-7-3-8-16-26)23-35(29)19-11-4-12-20-35;1-10-5-4-8-13-15-9-14(15)11-6-2-3-7-12(11)16(10)13/h2-19,21-22H,20,23-24H2,1H3;2-9H,1H3. The molecule has 0 fully saturated rings. The summed E-state index contributed by atoms with van der Waals surface area (Å²) in [6.45, 7) is 3.67. The maximum atomic E-state index is 5.15. The summed E-state index contributed by atoms with van der Waals surface area (Å²) < 4.78 is 2.26. The van der Waals surface area contributed by atoms with Crippen LogP contribution in [-0.2, 0) is 5.41 Å². The van der Waals surface area contributed by atoms with Crippen LogP contribution in [0.15, 0.2) is 174 Å². The van der Waals surface area contributed by atoms with Crippen LogP contribution in [0, 0.1) is 13.3 Å². The van der Waals surface area contributed by atoms with Crippen LogP contribution in [0.4, 0.5) is 11.4 Å². The summed E-state index contributed by atoms with van der Waals surface area (Å²) in [6, 6.07) is 49.9. The number of hydrogen-bond acceptors (Lipinski definition) is 4. The molecule has 1 atom stereocenters. The Morgan fingerprint density at radius 2 is 1.36 bits per heavy atom. The topological polar surface area (TPSA) is 36.1 Å². The lowest BCUT2D eigenvalue weighted by Crippen LogP contribution is -2.34. The van der Waals surface area contributed by atoms with E-state index in [1.807, 2.05) is 13.1 Å². The van der Waals surface area contributed by atoms with Gasteiger partial charge in [0.1, 0.15) is 12.5 Å². The average molecular weight is 723 g/mol. The number of amidine groups is 1. The third-order valence-electron chi connectivity index (χ3n) is 12.0. The van der Waals surface area contributed by atoms with Crippen molar-refractivity contribution in [3.63, 3.8) is 0 Å². The van der Waals surface area contributed by atoms with Gasteiger partial charge in [-0.15, -0.1) is 0 Å². The van der Waals surface area contributed by atoms with E-state index in [0.717, 1.165) is 41.4 Å². The molecule has 2 aliphatic heterocycles. The zero-order valence-corrected chi connectivity index (χ0v) is 31.5. The lowest BCUT2D eigenvalue weighted by molar-refractivity contribution is 0.515. The molecule has 4 aliphatic rings. The molecule has 1 spiro atoms. The van der Waals surface area contributed by atoms with Gasteiger partial charge in [0, 0.05) is 53.1 Å². The van der Waals surface area contributed by atoms with Crippen LogP contribution in [0.1, 0.15) is 34.2 Å². The average Bonchev–Trinajstić information content (AvgIpc) is 3.93. The molecule has 12 rings (SSSR count). The number of anilines is 2. The number of fused-ring (bicyclic) bond motifs is 11. The van der Waals surface area contributed by atoms with Gasteiger partial charge >= 0.3 is 0 Å². The highest BCUT2D eigenvalue weighted by molar-refractivity contribution is 6.18. The van der Waals surface area contributed by atoms with Gasteiger partial charge in [-0.25, -0.2) is 4.99 Å². The van der Waals surface area contributed by atoms with E-state index in [0.29, 0.717) is 6.67 Å². The molecular weight excluding hydrogens is 683 g/mol. The lowest BCUT2D eigenvalue weighted by atomic mass is 9.77. The highest BCUT2D eigenvalue weighted by Crippen LogP contribution is 2.51. The van der Waals surface area contributed by atoms with Gasteiger partial charge in [0.2, 0.25) is 5.96 Å². The van der Waals surface area contributed by atoms with Gasteiger partial charge in [-0.2, -0.15) is 4.99 Å². The Morgan fingerprint density at radius 3 is 2.16 bits per heavy atom. The molecule has 56 heavy (non-hydrogen) atoms. The summed E-state index contributed by atoms with van der Waals surface area (Å²) in [5.41, 5.74) is 11.4. The Hall–Kier alpha value is -6.72. The normalized spacial score (nSPS) is 18.0. The number of aryl methyl sites for hydroxylation is 1. The first-order valence-electron chi connectivity index (χ1n) is 19.5. The second kappa shape index (κ2) is 12.7. The molecule has 0 saturated heterocycles. The van der Waals surface area contributed by atoms with Gasteiger partial charge in [-0.05, 0) is 87.5 Å². The van der Waals surface area contributed by atoms with Crippen molar-refractivity contribution < 1.29 is 0 Å². The van der Waals surface area contributed by atoms with E-state index in [9.17, 15) is 0 Å². The number of para-hydroxylation sites is 2. The molecule has 7 aromatic carbocycles. The summed E-state index contributed by atoms with van der Waals surface area (Å²) in [5.74, 6) is 1.66. The molecule has 0 saturated carbocycles. The Kier molecular flexibility index (Phi) is 7.40. The first-order valence-corrected chi connectivity index (χ1v) is 19.5. The SMILES string of the molecule is CN1CN=C(n2c3ccccc3c3cc4c(cc32)N(c2ccccc2)CC42C=CC=CC2)N=C1c1ccccc1.Cc1cccc2c3c(c4ccccc4c12)[CH]3. The Bertz CT molecular complexity index is 3000. The van der Waals surface area contributed by atoms with Crippen molar-refractivity contribution in [2.24, 2.45) is 9.98 Å². The fraction of sp³-hybridized carbons (Fsp3) is 0.118. The molecule has 0 N–H and O–H groups in total. The van der Waals surface area contributed by atoms with Gasteiger partial charge < -0.3 is 9.80 Å². The lowest BCUT2D eigenvalue weighted by Gasteiger charge is -2.28. The number of rotatable bonds is 2. The van der Waals surface area contributed by atoms with Crippen LogP contribution in [-0.4, -0.2) is 41.5 Å². The predicted molar refractivity (Wildman–Crippen MR) is 235 cm³/mol. The molecule has 269 valence electrons. The number of hydrogen-bond donors (Lipinski definition) is 0. The zero-order valence-electron chi connectivity index (χ0n) is 31.5. The van der Waals surface area contributed by atoms with Gasteiger partial charge in [0.05, 0.1) is 11.0 Å². The summed E-state index contributed by atoms with van der Waals surface area (Å²) in [7, 11) is 2.05. The Morgan fingerprint density at radius 1 is 0.643 bits per heavy atom. The van der Waals surface area contributed by atoms with Gasteiger partial charge in [-0.3, -0.25) is 4.57 Å². The van der Waals surface area contributed by atoms with Crippen LogP contribution in [0.2, 0.25) is 0 Å². The fourth-order valence-corrected chi connectivity index (χ4v) is 9.30. The minimum absolute atomic E-state index is 0.0545. The van der Waals surface area contributed by atoms with E-state index in [2.05, 4.69) is 185 Å². The Labute approximate surface area is 326 Å². The van der Waals surface area contributed by atoms with Crippen molar-refractivity contribution in [1.82, 2.24) is 9.47 Å². The van der Waals surface area contributed by atoms with Crippen molar-refractivity contribution in [1.29, 1.82) is 0 Å². The molecule has 3 heterocycles. The molecule has 1 unspecified atom stereocenters. The minimum atomic E-state index is -0.0545. The quantitative estimate of drug-likeness (QED) is 0.167. The number of aliphatic imine (C=N–C) groups is 2. The largest absolute Gasteiger partial charge is 0.340 e. The van der Waals surface area contributed by atoms with Crippen molar-refractivity contribution in [2.75, 3.05) is 25.2 Å². The summed E-state index contributed by atoms with van der Waals surface area (Å²) in [6.07, 6.45) is 12.4. The van der Waals surface area contributed by atoms with E-state index in [1.54, 1.807) is 0 Å².